The first-order chi connectivity index (χ1) is 10.8. The van der Waals surface area contributed by atoms with Crippen LogP contribution in [-0.4, -0.2) is 30.3 Å². The predicted molar refractivity (Wildman–Crippen MR) is 100 cm³/mol. The fourth-order valence-corrected chi connectivity index (χ4v) is 2.28. The SMILES string of the molecule is CCC(C)(C)NCCC(COc1ccccc1)NC(C)(C)CC. The van der Waals surface area contributed by atoms with Crippen LogP contribution in [0.5, 0.6) is 5.75 Å². The van der Waals surface area contributed by atoms with Crippen LogP contribution in [0.15, 0.2) is 30.3 Å². The highest BCUT2D eigenvalue weighted by atomic mass is 16.5. The lowest BCUT2D eigenvalue weighted by atomic mass is 9.99. The third-order valence-electron chi connectivity index (χ3n) is 4.65. The van der Waals surface area contributed by atoms with Crippen molar-refractivity contribution in [2.24, 2.45) is 0 Å². The molecule has 1 rings (SSSR count). The Kier molecular flexibility index (Phi) is 8.07. The quantitative estimate of drug-likeness (QED) is 0.635. The van der Waals surface area contributed by atoms with Gasteiger partial charge in [-0.05, 0) is 65.6 Å². The summed E-state index contributed by atoms with van der Waals surface area (Å²) < 4.78 is 5.98. The average Bonchev–Trinajstić information content (AvgIpc) is 2.53. The zero-order chi connectivity index (χ0) is 17.3. The van der Waals surface area contributed by atoms with E-state index in [1.54, 1.807) is 0 Å². The zero-order valence-electron chi connectivity index (χ0n) is 15.9. The molecular weight excluding hydrogens is 284 g/mol. The first kappa shape index (κ1) is 20.0. The standard InChI is InChI=1S/C20H36N2O/c1-7-19(3,4)21-15-14-17(22-20(5,6)8-2)16-23-18-12-10-9-11-13-18/h9-13,17,21-22H,7-8,14-16H2,1-6H3. The van der Waals surface area contributed by atoms with Crippen LogP contribution in [0.4, 0.5) is 0 Å². The molecule has 1 atom stereocenters. The van der Waals surface area contributed by atoms with Gasteiger partial charge >= 0.3 is 0 Å². The van der Waals surface area contributed by atoms with Gasteiger partial charge in [-0.3, -0.25) is 0 Å². The van der Waals surface area contributed by atoms with E-state index in [0.29, 0.717) is 12.6 Å². The van der Waals surface area contributed by atoms with Crippen LogP contribution in [-0.2, 0) is 0 Å². The molecule has 0 fully saturated rings. The van der Waals surface area contributed by atoms with Gasteiger partial charge in [-0.15, -0.1) is 0 Å². The van der Waals surface area contributed by atoms with Gasteiger partial charge in [0.1, 0.15) is 12.4 Å². The highest BCUT2D eigenvalue weighted by Crippen LogP contribution is 2.14. The van der Waals surface area contributed by atoms with Gasteiger partial charge < -0.3 is 15.4 Å². The maximum Gasteiger partial charge on any atom is 0.119 e. The maximum atomic E-state index is 5.98. The first-order valence-corrected chi connectivity index (χ1v) is 8.98. The van der Waals surface area contributed by atoms with E-state index in [-0.39, 0.29) is 11.1 Å². The minimum absolute atomic E-state index is 0.130. The van der Waals surface area contributed by atoms with E-state index in [0.717, 1.165) is 31.6 Å². The lowest BCUT2D eigenvalue weighted by Crippen LogP contribution is -2.50. The molecule has 0 amide bonds. The van der Waals surface area contributed by atoms with Gasteiger partial charge in [-0.25, -0.2) is 0 Å². The van der Waals surface area contributed by atoms with Crippen LogP contribution >= 0.6 is 0 Å². The van der Waals surface area contributed by atoms with Crippen molar-refractivity contribution in [3.63, 3.8) is 0 Å². The summed E-state index contributed by atoms with van der Waals surface area (Å²) in [6.07, 6.45) is 3.29. The summed E-state index contributed by atoms with van der Waals surface area (Å²) in [6.45, 7) is 15.2. The van der Waals surface area contributed by atoms with E-state index in [9.17, 15) is 0 Å². The minimum atomic E-state index is 0.130. The number of hydrogen-bond donors (Lipinski definition) is 2. The van der Waals surface area contributed by atoms with Crippen molar-refractivity contribution in [3.8, 4) is 5.75 Å². The molecule has 1 aromatic rings. The second-order valence-corrected chi connectivity index (χ2v) is 7.66. The Hall–Kier alpha value is -1.06. The Morgan fingerprint density at radius 2 is 1.57 bits per heavy atom. The number of hydrogen-bond acceptors (Lipinski definition) is 3. The molecule has 0 aliphatic heterocycles. The zero-order valence-corrected chi connectivity index (χ0v) is 15.9. The second kappa shape index (κ2) is 9.29. The molecule has 23 heavy (non-hydrogen) atoms. The number of benzene rings is 1. The molecule has 0 aromatic heterocycles. The fraction of sp³-hybridized carbons (Fsp3) is 0.700. The minimum Gasteiger partial charge on any atom is -0.492 e. The molecule has 0 saturated heterocycles. The lowest BCUT2D eigenvalue weighted by Gasteiger charge is -2.32. The average molecular weight is 321 g/mol. The molecule has 132 valence electrons. The molecule has 1 aromatic carbocycles. The van der Waals surface area contributed by atoms with E-state index in [1.165, 1.54) is 0 Å². The molecule has 3 heteroatoms. The monoisotopic (exact) mass is 320 g/mol. The van der Waals surface area contributed by atoms with Crippen molar-refractivity contribution in [2.75, 3.05) is 13.2 Å². The molecule has 3 nitrogen and oxygen atoms in total. The van der Waals surface area contributed by atoms with Gasteiger partial charge in [0.25, 0.3) is 0 Å². The van der Waals surface area contributed by atoms with Crippen molar-refractivity contribution < 1.29 is 4.74 Å². The largest absolute Gasteiger partial charge is 0.492 e. The number of rotatable bonds is 11. The van der Waals surface area contributed by atoms with Gasteiger partial charge in [0.2, 0.25) is 0 Å². The number of ether oxygens (including phenoxy) is 1. The van der Waals surface area contributed by atoms with Crippen molar-refractivity contribution in [2.45, 2.75) is 77.9 Å². The Labute approximate surface area is 143 Å². The summed E-state index contributed by atoms with van der Waals surface area (Å²) in [5, 5.41) is 7.40. The Morgan fingerprint density at radius 1 is 0.957 bits per heavy atom. The van der Waals surface area contributed by atoms with Crippen molar-refractivity contribution in [1.29, 1.82) is 0 Å². The summed E-state index contributed by atoms with van der Waals surface area (Å²) in [4.78, 5) is 0. The summed E-state index contributed by atoms with van der Waals surface area (Å²) in [5.74, 6) is 0.940. The molecule has 0 aliphatic rings. The molecule has 1 unspecified atom stereocenters. The molecule has 0 radical (unpaired) electrons. The first-order valence-electron chi connectivity index (χ1n) is 8.98. The number of para-hydroxylation sites is 1. The van der Waals surface area contributed by atoms with Crippen molar-refractivity contribution in [1.82, 2.24) is 10.6 Å². The molecule has 0 saturated carbocycles. The Balaban J connectivity index is 2.54. The third kappa shape index (κ3) is 8.38. The van der Waals surface area contributed by atoms with Gasteiger partial charge in [0.15, 0.2) is 0 Å². The van der Waals surface area contributed by atoms with E-state index in [4.69, 9.17) is 4.74 Å². The van der Waals surface area contributed by atoms with E-state index in [1.807, 2.05) is 30.3 Å². The summed E-state index contributed by atoms with van der Waals surface area (Å²) in [6, 6.07) is 10.4. The maximum absolute atomic E-state index is 5.98. The van der Waals surface area contributed by atoms with Gasteiger partial charge in [0, 0.05) is 17.1 Å². The van der Waals surface area contributed by atoms with Gasteiger partial charge in [-0.2, -0.15) is 0 Å². The topological polar surface area (TPSA) is 33.3 Å². The molecule has 0 heterocycles. The summed E-state index contributed by atoms with van der Waals surface area (Å²) in [7, 11) is 0. The van der Waals surface area contributed by atoms with Crippen LogP contribution in [0.1, 0.15) is 60.8 Å². The lowest BCUT2D eigenvalue weighted by molar-refractivity contribution is 0.211. The highest BCUT2D eigenvalue weighted by molar-refractivity contribution is 5.20. The number of nitrogens with one attached hydrogen (secondary N) is 2. The second-order valence-electron chi connectivity index (χ2n) is 7.66. The summed E-state index contributed by atoms with van der Waals surface area (Å²) >= 11 is 0. The predicted octanol–water partition coefficient (Wildman–Crippen LogP) is 4.38. The van der Waals surface area contributed by atoms with Crippen LogP contribution in [0.25, 0.3) is 0 Å². The van der Waals surface area contributed by atoms with Crippen LogP contribution in [0.3, 0.4) is 0 Å². The Bertz CT molecular complexity index is 429. The van der Waals surface area contributed by atoms with Crippen molar-refractivity contribution >= 4 is 0 Å². The Morgan fingerprint density at radius 3 is 2.13 bits per heavy atom. The van der Waals surface area contributed by atoms with Crippen LogP contribution in [0, 0.1) is 0 Å². The van der Waals surface area contributed by atoms with E-state index >= 15 is 0 Å². The van der Waals surface area contributed by atoms with Gasteiger partial charge in [-0.1, -0.05) is 32.0 Å². The van der Waals surface area contributed by atoms with Gasteiger partial charge in [0.05, 0.1) is 0 Å². The summed E-state index contributed by atoms with van der Waals surface area (Å²) in [5.41, 5.74) is 0.329. The fourth-order valence-electron chi connectivity index (χ4n) is 2.28. The molecule has 0 bridgehead atoms. The third-order valence-corrected chi connectivity index (χ3v) is 4.65. The van der Waals surface area contributed by atoms with Crippen LogP contribution < -0.4 is 15.4 Å². The highest BCUT2D eigenvalue weighted by Gasteiger charge is 2.21. The van der Waals surface area contributed by atoms with E-state index in [2.05, 4.69) is 52.2 Å². The molecule has 0 aliphatic carbocycles. The molecule has 2 N–H and O–H groups in total. The van der Waals surface area contributed by atoms with Crippen LogP contribution in [0.2, 0.25) is 0 Å². The molecular formula is C20H36N2O. The smallest absolute Gasteiger partial charge is 0.119 e. The van der Waals surface area contributed by atoms with E-state index < -0.39 is 0 Å². The normalized spacial score (nSPS) is 13.8. The molecule has 0 spiro atoms. The van der Waals surface area contributed by atoms with Crippen molar-refractivity contribution in [3.05, 3.63) is 30.3 Å².